The molecule has 2 rings (SSSR count). The van der Waals surface area contributed by atoms with Gasteiger partial charge in [0, 0.05) is 4.47 Å². The van der Waals surface area contributed by atoms with Gasteiger partial charge in [0.15, 0.2) is 0 Å². The molecule has 0 radical (unpaired) electrons. The van der Waals surface area contributed by atoms with E-state index in [0.717, 1.165) is 16.6 Å². The molecule has 0 heterocycles. The molecule has 1 atom stereocenters. The Hall–Kier alpha value is -1.79. The maximum atomic E-state index is 9.17. The van der Waals surface area contributed by atoms with Crippen molar-refractivity contribution < 1.29 is 4.74 Å². The third-order valence-electron chi connectivity index (χ3n) is 3.38. The van der Waals surface area contributed by atoms with Gasteiger partial charge in [0.1, 0.15) is 23.1 Å². The topological polar surface area (TPSA) is 33.0 Å². The fraction of sp³-hybridized carbons (Fsp3) is 0.235. The first-order valence-corrected chi connectivity index (χ1v) is 7.41. The molecule has 3 heteroatoms. The van der Waals surface area contributed by atoms with E-state index in [1.165, 1.54) is 5.56 Å². The van der Waals surface area contributed by atoms with E-state index < -0.39 is 0 Å². The predicted octanol–water partition coefficient (Wildman–Crippen LogP) is 5.63. The number of hydrogen-bond donors (Lipinski definition) is 0. The van der Waals surface area contributed by atoms with Gasteiger partial charge in [0.25, 0.3) is 0 Å². The molecule has 0 N–H and O–H groups in total. The molecular formula is C17H16BrNO. The largest absolute Gasteiger partial charge is 0.456 e. The predicted molar refractivity (Wildman–Crippen MR) is 84.1 cm³/mol. The van der Waals surface area contributed by atoms with E-state index in [1.54, 1.807) is 6.07 Å². The van der Waals surface area contributed by atoms with Gasteiger partial charge in [-0.2, -0.15) is 5.26 Å². The van der Waals surface area contributed by atoms with Crippen molar-refractivity contribution in [1.29, 1.82) is 5.26 Å². The number of rotatable bonds is 4. The Kier molecular flexibility index (Phi) is 4.81. The smallest absolute Gasteiger partial charge is 0.146 e. The molecule has 0 saturated carbocycles. The zero-order chi connectivity index (χ0) is 14.5. The van der Waals surface area contributed by atoms with Crippen LogP contribution in [-0.2, 0) is 0 Å². The van der Waals surface area contributed by atoms with Crippen LogP contribution in [0.4, 0.5) is 0 Å². The molecule has 0 aliphatic carbocycles. The van der Waals surface area contributed by atoms with Gasteiger partial charge < -0.3 is 4.74 Å². The van der Waals surface area contributed by atoms with Crippen molar-refractivity contribution >= 4 is 15.9 Å². The van der Waals surface area contributed by atoms with Crippen LogP contribution in [-0.4, -0.2) is 0 Å². The van der Waals surface area contributed by atoms with Crippen molar-refractivity contribution in [3.8, 4) is 17.6 Å². The lowest BCUT2D eigenvalue weighted by molar-refractivity contribution is 0.480. The number of ether oxygens (including phenoxy) is 1. The maximum Gasteiger partial charge on any atom is 0.146 e. The van der Waals surface area contributed by atoms with E-state index in [2.05, 4.69) is 48.0 Å². The van der Waals surface area contributed by atoms with Crippen LogP contribution in [0.15, 0.2) is 46.9 Å². The van der Waals surface area contributed by atoms with Crippen LogP contribution >= 0.6 is 15.9 Å². The summed E-state index contributed by atoms with van der Waals surface area (Å²) in [4.78, 5) is 0. The van der Waals surface area contributed by atoms with Crippen molar-refractivity contribution in [2.75, 3.05) is 0 Å². The highest BCUT2D eigenvalue weighted by molar-refractivity contribution is 9.10. The lowest BCUT2D eigenvalue weighted by Crippen LogP contribution is -1.92. The molecule has 0 bridgehead atoms. The molecule has 1 unspecified atom stereocenters. The van der Waals surface area contributed by atoms with E-state index in [0.29, 0.717) is 17.2 Å². The Morgan fingerprint density at radius 2 is 1.90 bits per heavy atom. The molecule has 0 aromatic heterocycles. The van der Waals surface area contributed by atoms with E-state index >= 15 is 0 Å². The van der Waals surface area contributed by atoms with Gasteiger partial charge >= 0.3 is 0 Å². The second kappa shape index (κ2) is 6.58. The van der Waals surface area contributed by atoms with Gasteiger partial charge in [-0.05, 0) is 58.1 Å². The van der Waals surface area contributed by atoms with Crippen LogP contribution in [0.5, 0.6) is 11.5 Å². The van der Waals surface area contributed by atoms with Crippen LogP contribution in [0.25, 0.3) is 0 Å². The molecule has 2 nitrogen and oxygen atoms in total. The van der Waals surface area contributed by atoms with Crippen molar-refractivity contribution in [3.05, 3.63) is 58.1 Å². The third kappa shape index (κ3) is 3.20. The molecule has 0 fully saturated rings. The monoisotopic (exact) mass is 329 g/mol. The maximum absolute atomic E-state index is 9.17. The molecule has 0 amide bonds. The summed E-state index contributed by atoms with van der Waals surface area (Å²) < 4.78 is 6.54. The summed E-state index contributed by atoms with van der Waals surface area (Å²) in [6, 6.07) is 15.7. The van der Waals surface area contributed by atoms with Gasteiger partial charge in [-0.1, -0.05) is 32.0 Å². The van der Waals surface area contributed by atoms with Crippen LogP contribution < -0.4 is 4.74 Å². The van der Waals surface area contributed by atoms with E-state index in [9.17, 15) is 0 Å². The van der Waals surface area contributed by atoms with Crippen LogP contribution in [0.1, 0.15) is 37.3 Å². The lowest BCUT2D eigenvalue weighted by Gasteiger charge is -2.11. The highest BCUT2D eigenvalue weighted by Crippen LogP contribution is 2.30. The standard InChI is InChI=1S/C17H16BrNO/c1-3-12(2)13-7-9-14(10-8-13)20-17-6-4-5-16(18)15(17)11-19/h4-10,12H,3H2,1-2H3. The highest BCUT2D eigenvalue weighted by atomic mass is 79.9. The van der Waals surface area contributed by atoms with Crippen LogP contribution in [0.3, 0.4) is 0 Å². The van der Waals surface area contributed by atoms with Gasteiger partial charge in [0.05, 0.1) is 0 Å². The zero-order valence-electron chi connectivity index (χ0n) is 11.6. The Bertz CT molecular complexity index is 628. The quantitative estimate of drug-likeness (QED) is 0.728. The summed E-state index contributed by atoms with van der Waals surface area (Å²) in [5, 5.41) is 9.17. The summed E-state index contributed by atoms with van der Waals surface area (Å²) in [6.07, 6.45) is 1.12. The molecule has 0 aliphatic rings. The van der Waals surface area contributed by atoms with E-state index in [4.69, 9.17) is 10.00 Å². The summed E-state index contributed by atoms with van der Waals surface area (Å²) in [5.74, 6) is 1.86. The fourth-order valence-electron chi connectivity index (χ4n) is 1.92. The van der Waals surface area contributed by atoms with Crippen molar-refractivity contribution in [2.24, 2.45) is 0 Å². The third-order valence-corrected chi connectivity index (χ3v) is 4.04. The Balaban J connectivity index is 2.23. The van der Waals surface area contributed by atoms with E-state index in [1.807, 2.05) is 24.3 Å². The van der Waals surface area contributed by atoms with Gasteiger partial charge in [0.2, 0.25) is 0 Å². The second-order valence-electron chi connectivity index (χ2n) is 4.71. The molecule has 102 valence electrons. The first kappa shape index (κ1) is 14.6. The van der Waals surface area contributed by atoms with Crippen molar-refractivity contribution in [3.63, 3.8) is 0 Å². The molecule has 0 aliphatic heterocycles. The normalized spacial score (nSPS) is 11.7. The second-order valence-corrected chi connectivity index (χ2v) is 5.56. The van der Waals surface area contributed by atoms with Gasteiger partial charge in [-0.3, -0.25) is 0 Å². The van der Waals surface area contributed by atoms with Gasteiger partial charge in [-0.25, -0.2) is 0 Å². The van der Waals surface area contributed by atoms with Gasteiger partial charge in [-0.15, -0.1) is 0 Å². The molecule has 20 heavy (non-hydrogen) atoms. The highest BCUT2D eigenvalue weighted by Gasteiger charge is 2.09. The minimum atomic E-state index is 0.513. The lowest BCUT2D eigenvalue weighted by atomic mass is 9.99. The minimum absolute atomic E-state index is 0.513. The van der Waals surface area contributed by atoms with Crippen molar-refractivity contribution in [2.45, 2.75) is 26.2 Å². The van der Waals surface area contributed by atoms with Crippen LogP contribution in [0, 0.1) is 11.3 Å². The summed E-state index contributed by atoms with van der Waals surface area (Å²) in [5.41, 5.74) is 1.81. The average molecular weight is 330 g/mol. The van der Waals surface area contributed by atoms with Crippen LogP contribution in [0.2, 0.25) is 0 Å². The molecule has 2 aromatic rings. The first-order chi connectivity index (χ1) is 9.65. The number of hydrogen-bond acceptors (Lipinski definition) is 2. The Morgan fingerprint density at radius 1 is 1.20 bits per heavy atom. The first-order valence-electron chi connectivity index (χ1n) is 6.62. The number of nitriles is 1. The van der Waals surface area contributed by atoms with E-state index in [-0.39, 0.29) is 0 Å². The molecule has 2 aromatic carbocycles. The minimum Gasteiger partial charge on any atom is -0.456 e. The number of halogens is 1. The number of nitrogens with zero attached hydrogens (tertiary/aromatic N) is 1. The zero-order valence-corrected chi connectivity index (χ0v) is 13.1. The molecule has 0 spiro atoms. The van der Waals surface area contributed by atoms with Crippen molar-refractivity contribution in [1.82, 2.24) is 0 Å². The SMILES string of the molecule is CCC(C)c1ccc(Oc2cccc(Br)c2C#N)cc1. The summed E-state index contributed by atoms with van der Waals surface area (Å²) in [6.45, 7) is 4.38. The number of benzene rings is 2. The average Bonchev–Trinajstić information content (AvgIpc) is 2.47. The molecule has 0 saturated heterocycles. The summed E-state index contributed by atoms with van der Waals surface area (Å²) >= 11 is 3.36. The summed E-state index contributed by atoms with van der Waals surface area (Å²) in [7, 11) is 0. The Morgan fingerprint density at radius 3 is 2.50 bits per heavy atom. The molecular weight excluding hydrogens is 314 g/mol. The fourth-order valence-corrected chi connectivity index (χ4v) is 2.36. The Labute approximate surface area is 128 Å².